The molecule has 0 radical (unpaired) electrons. The smallest absolute Gasteiger partial charge is 0.274 e. The molecular weight excluding hydrogens is 429 g/mol. The van der Waals surface area contributed by atoms with Crippen molar-refractivity contribution in [3.8, 4) is 5.19 Å². The number of nitrogens with zero attached hydrogens (tertiary/aromatic N) is 3. The number of benzene rings is 2. The van der Waals surface area contributed by atoms with Crippen molar-refractivity contribution in [2.45, 2.75) is 32.3 Å². The van der Waals surface area contributed by atoms with Crippen LogP contribution >= 0.6 is 11.3 Å². The highest BCUT2D eigenvalue weighted by atomic mass is 32.1. The van der Waals surface area contributed by atoms with Gasteiger partial charge in [0.25, 0.3) is 5.19 Å². The predicted molar refractivity (Wildman–Crippen MR) is 121 cm³/mol. The van der Waals surface area contributed by atoms with Crippen LogP contribution in [0.5, 0.6) is 5.19 Å². The fourth-order valence-corrected chi connectivity index (χ4v) is 5.41. The normalized spacial score (nSPS) is 19.7. The first-order chi connectivity index (χ1) is 15.5. The van der Waals surface area contributed by atoms with Gasteiger partial charge < -0.3 is 14.5 Å². The topological polar surface area (TPSA) is 62.7 Å². The predicted octanol–water partition coefficient (Wildman–Crippen LogP) is 4.17. The number of piperidine rings is 1. The van der Waals surface area contributed by atoms with Gasteiger partial charge in [-0.2, -0.15) is 0 Å². The number of rotatable bonds is 4. The van der Waals surface area contributed by atoms with Crippen LogP contribution in [0.1, 0.15) is 24.8 Å². The largest absolute Gasteiger partial charge is 0.467 e. The SMILES string of the molecule is Cc1cccc2sc(OC3CCN(C(=O)C4CC(=O)N(c5ccc(F)cc5)C4)CC3)nc12. The molecule has 3 aromatic rings. The van der Waals surface area contributed by atoms with E-state index in [0.29, 0.717) is 30.5 Å². The number of amides is 2. The lowest BCUT2D eigenvalue weighted by Gasteiger charge is -2.33. The number of thiazole rings is 1. The molecule has 0 aliphatic carbocycles. The third kappa shape index (κ3) is 4.07. The van der Waals surface area contributed by atoms with E-state index >= 15 is 0 Å². The summed E-state index contributed by atoms with van der Waals surface area (Å²) in [5.74, 6) is -0.798. The number of carbonyl (C=O) groups is 2. The number of para-hydroxylation sites is 1. The van der Waals surface area contributed by atoms with Crippen molar-refractivity contribution in [1.82, 2.24) is 9.88 Å². The summed E-state index contributed by atoms with van der Waals surface area (Å²) >= 11 is 1.55. The van der Waals surface area contributed by atoms with Crippen molar-refractivity contribution < 1.29 is 18.7 Å². The zero-order chi connectivity index (χ0) is 22.2. The van der Waals surface area contributed by atoms with E-state index in [2.05, 4.69) is 4.98 Å². The van der Waals surface area contributed by atoms with Gasteiger partial charge in [-0.25, -0.2) is 9.37 Å². The van der Waals surface area contributed by atoms with Crippen LogP contribution in [0.25, 0.3) is 10.2 Å². The molecule has 1 atom stereocenters. The first kappa shape index (κ1) is 20.9. The average molecular weight is 454 g/mol. The van der Waals surface area contributed by atoms with Crippen molar-refractivity contribution in [2.75, 3.05) is 24.5 Å². The van der Waals surface area contributed by atoms with E-state index in [1.54, 1.807) is 28.4 Å². The molecule has 5 rings (SSSR count). The molecule has 32 heavy (non-hydrogen) atoms. The van der Waals surface area contributed by atoms with Crippen LogP contribution in [0.15, 0.2) is 42.5 Å². The van der Waals surface area contributed by atoms with Crippen LogP contribution in [-0.4, -0.2) is 47.4 Å². The Morgan fingerprint density at radius 2 is 1.91 bits per heavy atom. The van der Waals surface area contributed by atoms with E-state index in [-0.39, 0.29) is 36.1 Å². The Morgan fingerprint density at radius 3 is 2.62 bits per heavy atom. The number of carbonyl (C=O) groups excluding carboxylic acids is 2. The number of anilines is 1. The van der Waals surface area contributed by atoms with E-state index in [0.717, 1.165) is 28.6 Å². The summed E-state index contributed by atoms with van der Waals surface area (Å²) in [5, 5.41) is 0.676. The summed E-state index contributed by atoms with van der Waals surface area (Å²) in [4.78, 5) is 33.5. The third-order valence-electron chi connectivity index (χ3n) is 6.23. The maximum Gasteiger partial charge on any atom is 0.274 e. The van der Waals surface area contributed by atoms with E-state index in [4.69, 9.17) is 4.74 Å². The summed E-state index contributed by atoms with van der Waals surface area (Å²) in [6.45, 7) is 3.59. The van der Waals surface area contributed by atoms with Crippen LogP contribution in [-0.2, 0) is 9.59 Å². The Hall–Kier alpha value is -3.00. The lowest BCUT2D eigenvalue weighted by atomic mass is 10.0. The molecule has 0 N–H and O–H groups in total. The number of hydrogen-bond acceptors (Lipinski definition) is 5. The van der Waals surface area contributed by atoms with Crippen LogP contribution < -0.4 is 9.64 Å². The molecule has 6 nitrogen and oxygen atoms in total. The highest BCUT2D eigenvalue weighted by Gasteiger charge is 2.38. The van der Waals surface area contributed by atoms with Gasteiger partial charge in [0.05, 0.1) is 16.1 Å². The van der Waals surface area contributed by atoms with E-state index in [9.17, 15) is 14.0 Å². The highest BCUT2D eigenvalue weighted by molar-refractivity contribution is 7.20. The third-order valence-corrected chi connectivity index (χ3v) is 7.15. The lowest BCUT2D eigenvalue weighted by Crippen LogP contribution is -2.44. The Labute approximate surface area is 189 Å². The first-order valence-electron chi connectivity index (χ1n) is 10.9. The zero-order valence-electron chi connectivity index (χ0n) is 17.8. The minimum absolute atomic E-state index is 0.0111. The Balaban J connectivity index is 1.17. The molecule has 2 aliphatic rings. The second kappa shape index (κ2) is 8.50. The van der Waals surface area contributed by atoms with Crippen LogP contribution in [0.2, 0.25) is 0 Å². The van der Waals surface area contributed by atoms with Gasteiger partial charge in [-0.05, 0) is 42.8 Å². The van der Waals surface area contributed by atoms with Crippen LogP contribution in [0.3, 0.4) is 0 Å². The number of fused-ring (bicyclic) bond motifs is 1. The molecule has 1 unspecified atom stereocenters. The molecule has 0 spiro atoms. The fourth-order valence-electron chi connectivity index (χ4n) is 4.45. The standard InChI is InChI=1S/C24H24FN3O3S/c1-15-3-2-4-20-22(15)26-24(32-20)31-19-9-11-27(12-10-19)23(30)16-13-21(29)28(14-16)18-7-5-17(25)6-8-18/h2-8,16,19H,9-14H2,1H3. The molecule has 8 heteroatoms. The van der Waals surface area contributed by atoms with E-state index in [1.165, 1.54) is 12.1 Å². The van der Waals surface area contributed by atoms with Crippen LogP contribution in [0.4, 0.5) is 10.1 Å². The Kier molecular flexibility index (Phi) is 5.55. The molecular formula is C24H24FN3O3S. The molecule has 1 aromatic heterocycles. The molecule has 2 aliphatic heterocycles. The van der Waals surface area contributed by atoms with Gasteiger partial charge in [0.1, 0.15) is 11.9 Å². The van der Waals surface area contributed by atoms with Crippen molar-refractivity contribution in [3.63, 3.8) is 0 Å². The van der Waals surface area contributed by atoms with Gasteiger partial charge in [-0.3, -0.25) is 9.59 Å². The van der Waals surface area contributed by atoms with Crippen molar-refractivity contribution in [1.29, 1.82) is 0 Å². The fraction of sp³-hybridized carbons (Fsp3) is 0.375. The molecule has 2 fully saturated rings. The maximum absolute atomic E-state index is 13.2. The van der Waals surface area contributed by atoms with Gasteiger partial charge in [0, 0.05) is 44.6 Å². The minimum Gasteiger partial charge on any atom is -0.467 e. The van der Waals surface area contributed by atoms with Crippen molar-refractivity contribution in [2.24, 2.45) is 5.92 Å². The molecule has 2 aromatic carbocycles. The molecule has 2 amide bonds. The molecule has 0 saturated carbocycles. The molecule has 166 valence electrons. The lowest BCUT2D eigenvalue weighted by molar-refractivity contribution is -0.137. The van der Waals surface area contributed by atoms with Crippen molar-refractivity contribution in [3.05, 3.63) is 53.8 Å². The van der Waals surface area contributed by atoms with E-state index < -0.39 is 0 Å². The molecule has 3 heterocycles. The highest BCUT2D eigenvalue weighted by Crippen LogP contribution is 2.32. The number of likely N-dealkylation sites (tertiary alicyclic amines) is 1. The number of ether oxygens (including phenoxy) is 1. The first-order valence-corrected chi connectivity index (χ1v) is 11.7. The second-order valence-electron chi connectivity index (χ2n) is 8.43. The number of hydrogen-bond donors (Lipinski definition) is 0. The van der Waals surface area contributed by atoms with E-state index in [1.807, 2.05) is 30.0 Å². The van der Waals surface area contributed by atoms with Gasteiger partial charge in [-0.1, -0.05) is 23.5 Å². The number of aromatic nitrogens is 1. The van der Waals surface area contributed by atoms with Gasteiger partial charge in [-0.15, -0.1) is 0 Å². The average Bonchev–Trinajstić information content (AvgIpc) is 3.38. The second-order valence-corrected chi connectivity index (χ2v) is 9.42. The summed E-state index contributed by atoms with van der Waals surface area (Å²) in [5.41, 5.74) is 2.75. The molecule has 0 bridgehead atoms. The summed E-state index contributed by atoms with van der Waals surface area (Å²) in [6.07, 6.45) is 1.70. The molecule has 2 saturated heterocycles. The Morgan fingerprint density at radius 1 is 1.16 bits per heavy atom. The quantitative estimate of drug-likeness (QED) is 0.595. The maximum atomic E-state index is 13.2. The van der Waals surface area contributed by atoms with Gasteiger partial charge in [0.2, 0.25) is 11.8 Å². The van der Waals surface area contributed by atoms with Gasteiger partial charge in [0.15, 0.2) is 0 Å². The number of aryl methyl sites for hydroxylation is 1. The van der Waals surface area contributed by atoms with Crippen molar-refractivity contribution >= 4 is 39.1 Å². The van der Waals surface area contributed by atoms with Gasteiger partial charge >= 0.3 is 0 Å². The minimum atomic E-state index is -0.364. The summed E-state index contributed by atoms with van der Waals surface area (Å²) in [7, 11) is 0. The number of halogens is 1. The Bertz CT molecular complexity index is 1160. The van der Waals surface area contributed by atoms with Crippen LogP contribution in [0, 0.1) is 18.7 Å². The monoisotopic (exact) mass is 453 g/mol. The summed E-state index contributed by atoms with van der Waals surface area (Å²) in [6, 6.07) is 11.9. The summed E-state index contributed by atoms with van der Waals surface area (Å²) < 4.78 is 20.4. The zero-order valence-corrected chi connectivity index (χ0v) is 18.6.